The lowest BCUT2D eigenvalue weighted by Gasteiger charge is -2.16. The van der Waals surface area contributed by atoms with Crippen LogP contribution in [0.1, 0.15) is 21.7 Å². The van der Waals surface area contributed by atoms with Crippen LogP contribution in [0.4, 0.5) is 5.95 Å². The summed E-state index contributed by atoms with van der Waals surface area (Å²) in [6, 6.07) is 24.5. The van der Waals surface area contributed by atoms with Gasteiger partial charge < -0.3 is 14.8 Å². The molecule has 2 heterocycles. The van der Waals surface area contributed by atoms with Crippen molar-refractivity contribution in [1.82, 2.24) is 30.9 Å². The van der Waals surface area contributed by atoms with E-state index in [-0.39, 0.29) is 24.8 Å². The van der Waals surface area contributed by atoms with Gasteiger partial charge in [-0.25, -0.2) is 4.98 Å². The van der Waals surface area contributed by atoms with Crippen molar-refractivity contribution in [2.24, 2.45) is 0 Å². The summed E-state index contributed by atoms with van der Waals surface area (Å²) in [7, 11) is 0. The maximum absolute atomic E-state index is 13.2. The molecule has 11 heteroatoms. The number of carbonyl (C=O) groups is 2. The predicted octanol–water partition coefficient (Wildman–Crippen LogP) is 3.80. The van der Waals surface area contributed by atoms with Crippen LogP contribution < -0.4 is 20.1 Å². The van der Waals surface area contributed by atoms with Gasteiger partial charge in [0.2, 0.25) is 5.91 Å². The number of aromatic amines is 1. The number of carbonyl (C=O) groups excluding carboxylic acids is 2. The van der Waals surface area contributed by atoms with Crippen LogP contribution in [0, 0.1) is 6.92 Å². The molecule has 0 saturated carbocycles. The number of nitrogens with zero attached hydrogens (tertiary/aromatic N) is 4. The van der Waals surface area contributed by atoms with Crippen LogP contribution in [-0.4, -0.2) is 44.0 Å². The van der Waals surface area contributed by atoms with Crippen LogP contribution in [0.25, 0.3) is 10.8 Å². The molecule has 3 aromatic carbocycles. The van der Waals surface area contributed by atoms with Crippen molar-refractivity contribution in [2.75, 3.05) is 11.9 Å². The van der Waals surface area contributed by atoms with Crippen molar-refractivity contribution in [1.29, 1.82) is 0 Å². The molecule has 0 fully saturated rings. The monoisotopic (exact) mass is 509 g/mol. The van der Waals surface area contributed by atoms with E-state index in [0.717, 1.165) is 10.9 Å². The normalized spacial score (nSPS) is 10.7. The molecule has 0 bridgehead atoms. The van der Waals surface area contributed by atoms with Gasteiger partial charge in [0.15, 0.2) is 11.4 Å². The number of rotatable bonds is 9. The topological polar surface area (TPSA) is 144 Å². The number of H-pyrrole nitrogens is 1. The lowest BCUT2D eigenvalue weighted by Crippen LogP contribution is -2.34. The van der Waals surface area contributed by atoms with Crippen molar-refractivity contribution >= 4 is 28.5 Å². The average molecular weight is 510 g/mol. The Balaban J connectivity index is 1.44. The number of fused-ring (bicyclic) bond motifs is 1. The Labute approximate surface area is 217 Å². The minimum Gasteiger partial charge on any atom is -0.486 e. The van der Waals surface area contributed by atoms with Gasteiger partial charge in [-0.2, -0.15) is 5.21 Å². The molecule has 11 nitrogen and oxygen atoms in total. The number of benzene rings is 3. The number of para-hydroxylation sites is 1. The minimum atomic E-state index is -0.564. The molecular weight excluding hydrogens is 486 g/mol. The van der Waals surface area contributed by atoms with Gasteiger partial charge in [0, 0.05) is 16.5 Å². The Kier molecular flexibility index (Phi) is 7.16. The van der Waals surface area contributed by atoms with Crippen molar-refractivity contribution in [3.05, 3.63) is 95.8 Å². The lowest BCUT2D eigenvalue weighted by atomic mass is 10.1. The molecule has 3 N–H and O–H groups in total. The number of aryl methyl sites for hydroxylation is 1. The Hall–Kier alpha value is -5.32. The number of ether oxygens (including phenoxy) is 2. The van der Waals surface area contributed by atoms with Gasteiger partial charge in [0.1, 0.15) is 18.1 Å². The molecule has 0 aliphatic heterocycles. The molecule has 0 spiro atoms. The van der Waals surface area contributed by atoms with Crippen LogP contribution >= 0.6 is 0 Å². The number of hydrogen-bond donors (Lipinski definition) is 3. The summed E-state index contributed by atoms with van der Waals surface area (Å²) in [4.78, 5) is 29.9. The zero-order valence-electron chi connectivity index (χ0n) is 20.3. The van der Waals surface area contributed by atoms with Gasteiger partial charge in [-0.15, -0.1) is 5.10 Å². The third-order valence-corrected chi connectivity index (χ3v) is 5.55. The fraction of sp³-hybridized carbons (Fsp3) is 0.111. The van der Waals surface area contributed by atoms with Gasteiger partial charge in [0.25, 0.3) is 11.9 Å². The molecular formula is C27H23N7O4. The van der Waals surface area contributed by atoms with E-state index in [1.54, 1.807) is 6.92 Å². The molecule has 0 saturated heterocycles. The highest BCUT2D eigenvalue weighted by Gasteiger charge is 2.21. The first kappa shape index (κ1) is 24.4. The minimum absolute atomic E-state index is 0.00401. The first-order chi connectivity index (χ1) is 18.6. The largest absolute Gasteiger partial charge is 0.486 e. The number of nitrogens with one attached hydrogen (secondary N) is 3. The number of aromatic nitrogens is 5. The zero-order valence-corrected chi connectivity index (χ0v) is 20.3. The second-order valence-corrected chi connectivity index (χ2v) is 8.24. The van der Waals surface area contributed by atoms with E-state index in [1.807, 2.05) is 78.9 Å². The summed E-state index contributed by atoms with van der Waals surface area (Å²) in [5, 5.41) is 19.4. The number of tetrazole rings is 1. The first-order valence-corrected chi connectivity index (χ1v) is 11.7. The Morgan fingerprint density at radius 3 is 2.42 bits per heavy atom. The standard InChI is InChI=1S/C27H23N7O4/c1-17-22-14-20(38-19-10-6-3-7-11-19)12-13-21(22)25(37-16-18-8-4-2-5-9-18)24(29-17)26(36)28-15-23(35)30-27-31-33-34-32-27/h2-14H,15-16H2,1H3,(H,28,36)(H2,30,31,32,33,34,35). The van der Waals surface area contributed by atoms with Gasteiger partial charge in [0.05, 0.1) is 6.54 Å². The van der Waals surface area contributed by atoms with E-state index in [1.165, 1.54) is 0 Å². The SMILES string of the molecule is Cc1nc(C(=O)NCC(=O)Nc2nn[nH]n2)c(OCc2ccccc2)c2ccc(Oc3ccccc3)cc12. The summed E-state index contributed by atoms with van der Waals surface area (Å²) in [6.07, 6.45) is 0. The van der Waals surface area contributed by atoms with E-state index in [0.29, 0.717) is 28.3 Å². The van der Waals surface area contributed by atoms with E-state index < -0.39 is 11.8 Å². The summed E-state index contributed by atoms with van der Waals surface area (Å²) >= 11 is 0. The van der Waals surface area contributed by atoms with Gasteiger partial charge >= 0.3 is 0 Å². The fourth-order valence-electron chi connectivity index (χ4n) is 3.77. The van der Waals surface area contributed by atoms with Crippen molar-refractivity contribution in [3.8, 4) is 17.2 Å². The average Bonchev–Trinajstić information content (AvgIpc) is 3.45. The summed E-state index contributed by atoms with van der Waals surface area (Å²) < 4.78 is 12.2. The van der Waals surface area contributed by atoms with Crippen LogP contribution in [0.3, 0.4) is 0 Å². The summed E-state index contributed by atoms with van der Waals surface area (Å²) in [5.41, 5.74) is 1.60. The van der Waals surface area contributed by atoms with E-state index in [9.17, 15) is 9.59 Å². The van der Waals surface area contributed by atoms with Crippen LogP contribution in [-0.2, 0) is 11.4 Å². The molecule has 0 aliphatic rings. The second kappa shape index (κ2) is 11.2. The molecule has 2 aromatic heterocycles. The van der Waals surface area contributed by atoms with E-state index in [2.05, 4.69) is 36.2 Å². The maximum atomic E-state index is 13.2. The smallest absolute Gasteiger partial charge is 0.274 e. The molecule has 5 rings (SSSR count). The summed E-state index contributed by atoms with van der Waals surface area (Å²) in [5.74, 6) is 0.546. The quantitative estimate of drug-likeness (QED) is 0.272. The molecule has 0 radical (unpaired) electrons. The Bertz CT molecular complexity index is 1560. The van der Waals surface area contributed by atoms with Crippen molar-refractivity contribution in [2.45, 2.75) is 13.5 Å². The van der Waals surface area contributed by atoms with E-state index >= 15 is 0 Å². The highest BCUT2D eigenvalue weighted by atomic mass is 16.5. The van der Waals surface area contributed by atoms with Crippen molar-refractivity contribution in [3.63, 3.8) is 0 Å². The number of amides is 2. The highest BCUT2D eigenvalue weighted by Crippen LogP contribution is 2.35. The summed E-state index contributed by atoms with van der Waals surface area (Å²) in [6.45, 7) is 1.70. The molecule has 0 unspecified atom stereocenters. The number of pyridine rings is 1. The Morgan fingerprint density at radius 2 is 1.68 bits per heavy atom. The van der Waals surface area contributed by atoms with E-state index in [4.69, 9.17) is 9.47 Å². The molecule has 0 atom stereocenters. The molecule has 190 valence electrons. The zero-order chi connectivity index (χ0) is 26.3. The number of hydrogen-bond acceptors (Lipinski definition) is 8. The van der Waals surface area contributed by atoms with Crippen LogP contribution in [0.2, 0.25) is 0 Å². The van der Waals surface area contributed by atoms with Gasteiger partial charge in [-0.1, -0.05) is 53.6 Å². The van der Waals surface area contributed by atoms with Gasteiger partial charge in [-0.05, 0) is 48.0 Å². The van der Waals surface area contributed by atoms with Crippen LogP contribution in [0.15, 0.2) is 78.9 Å². The van der Waals surface area contributed by atoms with Crippen molar-refractivity contribution < 1.29 is 19.1 Å². The molecule has 2 amide bonds. The lowest BCUT2D eigenvalue weighted by molar-refractivity contribution is -0.115. The predicted molar refractivity (Wildman–Crippen MR) is 139 cm³/mol. The first-order valence-electron chi connectivity index (χ1n) is 11.7. The molecule has 38 heavy (non-hydrogen) atoms. The van der Waals surface area contributed by atoms with Gasteiger partial charge in [-0.3, -0.25) is 14.9 Å². The molecule has 5 aromatic rings. The highest BCUT2D eigenvalue weighted by molar-refractivity contribution is 6.04. The second-order valence-electron chi connectivity index (χ2n) is 8.24. The molecule has 0 aliphatic carbocycles. The fourth-order valence-corrected chi connectivity index (χ4v) is 3.77. The third kappa shape index (κ3) is 5.73. The number of anilines is 1. The van der Waals surface area contributed by atoms with Crippen LogP contribution in [0.5, 0.6) is 17.2 Å². The Morgan fingerprint density at radius 1 is 0.921 bits per heavy atom. The maximum Gasteiger partial charge on any atom is 0.274 e. The third-order valence-electron chi connectivity index (χ3n) is 5.55.